The number of benzene rings is 2. The predicted molar refractivity (Wildman–Crippen MR) is 134 cm³/mol. The molecule has 0 aliphatic heterocycles. The Morgan fingerprint density at radius 3 is 2.56 bits per heavy atom. The smallest absolute Gasteiger partial charge is 0.416 e. The Kier molecular flexibility index (Phi) is 7.12. The highest BCUT2D eigenvalue weighted by Crippen LogP contribution is 2.38. The lowest BCUT2D eigenvalue weighted by Crippen LogP contribution is -2.38. The van der Waals surface area contributed by atoms with Crippen molar-refractivity contribution in [3.63, 3.8) is 0 Å². The molecule has 188 valence electrons. The second kappa shape index (κ2) is 9.96. The molecule has 4 rings (SSSR count). The Bertz CT molecular complexity index is 1560. The quantitative estimate of drug-likeness (QED) is 0.291. The molecule has 2 N–H and O–H groups in total. The normalized spacial score (nSPS) is 12.6. The Balaban J connectivity index is 1.71. The molecule has 0 aliphatic carbocycles. The Hall–Kier alpha value is -3.34. The molecule has 4 aromatic rings. The molecule has 11 heteroatoms. The number of H-pyrrole nitrogens is 1. The molecule has 6 nitrogen and oxygen atoms in total. The topological polar surface area (TPSA) is 84.3 Å². The van der Waals surface area contributed by atoms with Crippen LogP contribution in [0.15, 0.2) is 64.7 Å². The van der Waals surface area contributed by atoms with E-state index in [4.69, 9.17) is 16.3 Å². The zero-order chi connectivity index (χ0) is 26.2. The molecule has 0 bridgehead atoms. The van der Waals surface area contributed by atoms with E-state index in [2.05, 4.69) is 6.58 Å². The number of hydrogen-bond acceptors (Lipinski definition) is 5. The van der Waals surface area contributed by atoms with Crippen LogP contribution in [-0.4, -0.2) is 26.9 Å². The van der Waals surface area contributed by atoms with Gasteiger partial charge in [0.2, 0.25) is 0 Å². The summed E-state index contributed by atoms with van der Waals surface area (Å²) >= 11 is 7.07. The van der Waals surface area contributed by atoms with E-state index in [1.807, 2.05) is 4.98 Å². The van der Waals surface area contributed by atoms with Crippen molar-refractivity contribution in [2.45, 2.75) is 32.2 Å². The van der Waals surface area contributed by atoms with Gasteiger partial charge in [0, 0.05) is 9.90 Å². The fourth-order valence-electron chi connectivity index (χ4n) is 3.76. The van der Waals surface area contributed by atoms with E-state index in [-0.39, 0.29) is 10.2 Å². The lowest BCUT2D eigenvalue weighted by atomic mass is 10.1. The highest BCUT2D eigenvalue weighted by molar-refractivity contribution is 7.22. The predicted octanol–water partition coefficient (Wildman–Crippen LogP) is 5.82. The lowest BCUT2D eigenvalue weighted by molar-refractivity contribution is -0.207. The van der Waals surface area contributed by atoms with Crippen LogP contribution in [0.4, 0.5) is 13.2 Å². The van der Waals surface area contributed by atoms with Crippen LogP contribution in [0.3, 0.4) is 0 Å². The van der Waals surface area contributed by atoms with Gasteiger partial charge in [-0.25, -0.2) is 4.79 Å². The van der Waals surface area contributed by atoms with E-state index in [0.29, 0.717) is 38.9 Å². The average Bonchev–Trinajstić information content (AvgIpc) is 3.16. The fraction of sp³-hybridized carbons (Fsp3) is 0.200. The number of aliphatic hydroxyl groups is 1. The van der Waals surface area contributed by atoms with Crippen molar-refractivity contribution in [2.24, 2.45) is 0 Å². The first kappa shape index (κ1) is 25.7. The van der Waals surface area contributed by atoms with Gasteiger partial charge in [-0.05, 0) is 72.5 Å². The van der Waals surface area contributed by atoms with Crippen LogP contribution in [-0.2, 0) is 13.0 Å². The molecule has 0 spiro atoms. The van der Waals surface area contributed by atoms with Crippen molar-refractivity contribution in [2.75, 3.05) is 0 Å². The van der Waals surface area contributed by atoms with E-state index < -0.39 is 30.1 Å². The summed E-state index contributed by atoms with van der Waals surface area (Å²) in [5, 5.41) is 10.2. The number of ether oxygens (including phenoxy) is 1. The van der Waals surface area contributed by atoms with Gasteiger partial charge in [-0.1, -0.05) is 17.7 Å². The third-order valence-electron chi connectivity index (χ3n) is 5.53. The molecule has 36 heavy (non-hydrogen) atoms. The summed E-state index contributed by atoms with van der Waals surface area (Å²) in [4.78, 5) is 27.5. The number of fused-ring (bicyclic) bond motifs is 1. The molecule has 0 radical (unpaired) electrons. The summed E-state index contributed by atoms with van der Waals surface area (Å²) in [5.74, 6) is 1.15. The largest absolute Gasteiger partial charge is 0.457 e. The Morgan fingerprint density at radius 2 is 1.92 bits per heavy atom. The van der Waals surface area contributed by atoms with Crippen molar-refractivity contribution in [3.8, 4) is 21.9 Å². The van der Waals surface area contributed by atoms with Crippen molar-refractivity contribution in [1.29, 1.82) is 0 Å². The molecular formula is C25H20ClF3N2O4S. The molecule has 1 atom stereocenters. The zero-order valence-corrected chi connectivity index (χ0v) is 20.4. The zero-order valence-electron chi connectivity index (χ0n) is 18.9. The number of aromatic amines is 1. The lowest BCUT2D eigenvalue weighted by Gasteiger charge is -2.15. The van der Waals surface area contributed by atoms with Crippen LogP contribution in [0.2, 0.25) is 5.02 Å². The molecule has 0 amide bonds. The number of nitrogens with one attached hydrogen (secondary N) is 1. The Morgan fingerprint density at radius 1 is 1.22 bits per heavy atom. The summed E-state index contributed by atoms with van der Waals surface area (Å²) in [6.45, 7) is 4.36. The maximum atomic E-state index is 12.9. The molecule has 0 saturated heterocycles. The minimum Gasteiger partial charge on any atom is -0.457 e. The highest BCUT2D eigenvalue weighted by Gasteiger charge is 2.39. The van der Waals surface area contributed by atoms with Crippen molar-refractivity contribution in [1.82, 2.24) is 9.55 Å². The van der Waals surface area contributed by atoms with E-state index in [0.717, 1.165) is 21.5 Å². The molecule has 0 fully saturated rings. The van der Waals surface area contributed by atoms with Gasteiger partial charge in [-0.3, -0.25) is 14.3 Å². The number of hydrogen-bond donors (Lipinski definition) is 2. The van der Waals surface area contributed by atoms with Gasteiger partial charge in [0.1, 0.15) is 16.3 Å². The first-order chi connectivity index (χ1) is 17.0. The molecule has 2 heterocycles. The summed E-state index contributed by atoms with van der Waals surface area (Å²) in [7, 11) is 0. The fourth-order valence-corrected chi connectivity index (χ4v) is 5.27. The Labute approximate surface area is 211 Å². The van der Waals surface area contributed by atoms with E-state index in [9.17, 15) is 27.9 Å². The highest BCUT2D eigenvalue weighted by atomic mass is 35.5. The van der Waals surface area contributed by atoms with Gasteiger partial charge in [-0.15, -0.1) is 17.9 Å². The van der Waals surface area contributed by atoms with Crippen LogP contribution in [0.25, 0.3) is 20.7 Å². The second-order valence-corrected chi connectivity index (χ2v) is 9.47. The number of aliphatic hydroxyl groups excluding tert-OH is 1. The van der Waals surface area contributed by atoms with Gasteiger partial charge in [0.25, 0.3) is 5.56 Å². The number of aryl methyl sites for hydroxylation is 1. The molecule has 2 aromatic heterocycles. The summed E-state index contributed by atoms with van der Waals surface area (Å²) in [6.07, 6.45) is -5.37. The van der Waals surface area contributed by atoms with Crippen LogP contribution < -0.4 is 16.0 Å². The summed E-state index contributed by atoms with van der Waals surface area (Å²) in [5.41, 5.74) is 0.320. The number of aromatic nitrogens is 2. The summed E-state index contributed by atoms with van der Waals surface area (Å²) in [6, 6.07) is 12.2. The van der Waals surface area contributed by atoms with Gasteiger partial charge in [0.15, 0.2) is 6.10 Å². The molecule has 1 unspecified atom stereocenters. The van der Waals surface area contributed by atoms with Crippen LogP contribution in [0.1, 0.15) is 11.1 Å². The van der Waals surface area contributed by atoms with Crippen molar-refractivity contribution >= 4 is 33.2 Å². The van der Waals surface area contributed by atoms with Crippen LogP contribution >= 0.6 is 22.9 Å². The molecular weight excluding hydrogens is 517 g/mol. The number of nitrogens with zero attached hydrogens (tertiary/aromatic N) is 1. The van der Waals surface area contributed by atoms with Crippen molar-refractivity contribution < 1.29 is 23.0 Å². The molecule has 0 saturated carbocycles. The number of alkyl halides is 3. The maximum absolute atomic E-state index is 12.9. The number of halogens is 4. The van der Waals surface area contributed by atoms with Gasteiger partial charge in [0.05, 0.1) is 11.9 Å². The van der Waals surface area contributed by atoms with Crippen LogP contribution in [0, 0.1) is 6.92 Å². The van der Waals surface area contributed by atoms with Gasteiger partial charge >= 0.3 is 11.9 Å². The third-order valence-corrected chi connectivity index (χ3v) is 7.13. The first-order valence-electron chi connectivity index (χ1n) is 10.7. The number of rotatable bonds is 7. The van der Waals surface area contributed by atoms with Gasteiger partial charge < -0.3 is 9.84 Å². The number of thiophene rings is 1. The minimum absolute atomic E-state index is 0.0510. The standard InChI is InChI=1S/C25H20ClF3N2O4S/c1-3-4-15-11-16(26)7-10-18(15)35-17-8-5-14(6-9-17)21-13(2)20-22(33)30-24(34)31(23(20)36-21)12-19(32)25(27,28)29/h3,5-11,19,32H,1,4,12H2,2H3,(H,30,33,34). The first-order valence-corrected chi connectivity index (χ1v) is 11.9. The average molecular weight is 537 g/mol. The molecule has 0 aliphatic rings. The number of allylic oxidation sites excluding steroid dienone is 1. The minimum atomic E-state index is -4.91. The van der Waals surface area contributed by atoms with E-state index in [1.54, 1.807) is 55.5 Å². The third kappa shape index (κ3) is 5.11. The summed E-state index contributed by atoms with van der Waals surface area (Å²) < 4.78 is 45.5. The SMILES string of the molecule is C=CCc1cc(Cl)ccc1Oc1ccc(-c2sc3c(c2C)c(=O)[nH]c(=O)n3CC(O)C(F)(F)F)cc1. The van der Waals surface area contributed by atoms with Gasteiger partial charge in [-0.2, -0.15) is 13.2 Å². The maximum Gasteiger partial charge on any atom is 0.416 e. The van der Waals surface area contributed by atoms with Crippen molar-refractivity contribution in [3.05, 3.63) is 92.1 Å². The van der Waals surface area contributed by atoms with Crippen LogP contribution in [0.5, 0.6) is 11.5 Å². The molecule has 2 aromatic carbocycles. The van der Waals surface area contributed by atoms with E-state index in [1.165, 1.54) is 0 Å². The second-order valence-electron chi connectivity index (χ2n) is 8.03. The monoisotopic (exact) mass is 536 g/mol. The van der Waals surface area contributed by atoms with E-state index >= 15 is 0 Å².